The monoisotopic (exact) mass is 329 g/mol. The Hall–Kier alpha value is -2.21. The van der Waals surface area contributed by atoms with Crippen LogP contribution in [0.4, 0.5) is 0 Å². The van der Waals surface area contributed by atoms with Crippen molar-refractivity contribution in [3.8, 4) is 0 Å². The highest BCUT2D eigenvalue weighted by molar-refractivity contribution is 6.04. The minimum atomic E-state index is -0.794. The lowest BCUT2D eigenvalue weighted by molar-refractivity contribution is -0.0300. The van der Waals surface area contributed by atoms with Crippen molar-refractivity contribution in [1.82, 2.24) is 15.1 Å². The van der Waals surface area contributed by atoms with E-state index in [2.05, 4.69) is 10.4 Å². The van der Waals surface area contributed by atoms with E-state index < -0.39 is 5.60 Å². The van der Waals surface area contributed by atoms with E-state index in [1.165, 1.54) is 4.68 Å². The molecule has 1 fully saturated rings. The Kier molecular flexibility index (Phi) is 4.41. The average molecular weight is 329 g/mol. The number of nitrogens with one attached hydrogen (secondary N) is 1. The lowest BCUT2D eigenvalue weighted by Crippen LogP contribution is -2.48. The van der Waals surface area contributed by atoms with Gasteiger partial charge in [0.15, 0.2) is 5.69 Å². The van der Waals surface area contributed by atoms with Crippen molar-refractivity contribution in [3.05, 3.63) is 40.3 Å². The number of aliphatic hydroxyl groups is 1. The van der Waals surface area contributed by atoms with Gasteiger partial charge in [-0.25, -0.2) is 4.68 Å². The molecule has 6 nitrogen and oxygen atoms in total. The summed E-state index contributed by atoms with van der Waals surface area (Å²) in [5.74, 6) is -0.119. The average Bonchev–Trinajstić information content (AvgIpc) is 2.53. The summed E-state index contributed by atoms with van der Waals surface area (Å²) in [4.78, 5) is 25.1. The molecule has 1 aromatic heterocycles. The second-order valence-corrected chi connectivity index (χ2v) is 7.04. The molecule has 128 valence electrons. The third-order valence-electron chi connectivity index (χ3n) is 4.48. The lowest BCUT2D eigenvalue weighted by atomic mass is 9.80. The maximum atomic E-state index is 12.6. The van der Waals surface area contributed by atoms with Crippen LogP contribution >= 0.6 is 0 Å². The van der Waals surface area contributed by atoms with Crippen LogP contribution in [-0.2, 0) is 6.54 Å². The van der Waals surface area contributed by atoms with E-state index in [1.54, 1.807) is 24.3 Å². The third kappa shape index (κ3) is 3.19. The van der Waals surface area contributed by atoms with E-state index in [9.17, 15) is 14.7 Å². The van der Waals surface area contributed by atoms with E-state index in [0.29, 0.717) is 30.2 Å². The third-order valence-corrected chi connectivity index (χ3v) is 4.48. The van der Waals surface area contributed by atoms with Crippen molar-refractivity contribution in [1.29, 1.82) is 0 Å². The Morgan fingerprint density at radius 3 is 2.58 bits per heavy atom. The molecule has 0 atom stereocenters. The maximum absolute atomic E-state index is 12.6. The fourth-order valence-corrected chi connectivity index (χ4v) is 2.96. The minimum Gasteiger partial charge on any atom is -0.388 e. The molecule has 1 aromatic carbocycles. The first-order chi connectivity index (χ1) is 11.4. The van der Waals surface area contributed by atoms with Gasteiger partial charge in [0.2, 0.25) is 0 Å². The fraction of sp³-hybridized carbons (Fsp3) is 0.500. The second kappa shape index (κ2) is 6.36. The number of hydrogen-bond donors (Lipinski definition) is 2. The van der Waals surface area contributed by atoms with Gasteiger partial charge in [-0.1, -0.05) is 32.0 Å². The SMILES string of the molecule is CC(C)Cn1nc(C(=O)NCC2(O)CCC2)c2ccccc2c1=O. The largest absolute Gasteiger partial charge is 0.388 e. The molecule has 0 aliphatic heterocycles. The molecule has 2 N–H and O–H groups in total. The zero-order valence-corrected chi connectivity index (χ0v) is 14.1. The lowest BCUT2D eigenvalue weighted by Gasteiger charge is -2.36. The van der Waals surface area contributed by atoms with Crippen LogP contribution in [0.1, 0.15) is 43.6 Å². The second-order valence-electron chi connectivity index (χ2n) is 7.04. The van der Waals surface area contributed by atoms with Crippen LogP contribution in [0, 0.1) is 5.92 Å². The number of rotatable bonds is 5. The first-order valence-corrected chi connectivity index (χ1v) is 8.40. The van der Waals surface area contributed by atoms with Crippen molar-refractivity contribution in [2.75, 3.05) is 6.54 Å². The van der Waals surface area contributed by atoms with Crippen LogP contribution in [0.2, 0.25) is 0 Å². The molecule has 1 aliphatic rings. The molecule has 24 heavy (non-hydrogen) atoms. The van der Waals surface area contributed by atoms with E-state index in [1.807, 2.05) is 13.8 Å². The van der Waals surface area contributed by atoms with Crippen LogP contribution < -0.4 is 10.9 Å². The van der Waals surface area contributed by atoms with Gasteiger partial charge in [-0.3, -0.25) is 9.59 Å². The number of carbonyl (C=O) groups excluding carboxylic acids is 1. The van der Waals surface area contributed by atoms with Crippen LogP contribution in [0.5, 0.6) is 0 Å². The Morgan fingerprint density at radius 2 is 2.00 bits per heavy atom. The molecule has 6 heteroatoms. The molecule has 3 rings (SSSR count). The highest BCUT2D eigenvalue weighted by Gasteiger charge is 2.34. The molecule has 0 radical (unpaired) electrons. The first-order valence-electron chi connectivity index (χ1n) is 8.40. The Morgan fingerprint density at radius 1 is 1.33 bits per heavy atom. The van der Waals surface area contributed by atoms with Crippen LogP contribution in [-0.4, -0.2) is 32.9 Å². The van der Waals surface area contributed by atoms with Gasteiger partial charge in [0.05, 0.1) is 11.0 Å². The molecule has 0 spiro atoms. The molecular formula is C18H23N3O3. The molecule has 1 amide bonds. The van der Waals surface area contributed by atoms with Gasteiger partial charge >= 0.3 is 0 Å². The van der Waals surface area contributed by atoms with Gasteiger partial charge < -0.3 is 10.4 Å². The van der Waals surface area contributed by atoms with Gasteiger partial charge in [0.1, 0.15) is 0 Å². The van der Waals surface area contributed by atoms with Crippen molar-refractivity contribution >= 4 is 16.7 Å². The van der Waals surface area contributed by atoms with E-state index in [0.717, 1.165) is 6.42 Å². The summed E-state index contributed by atoms with van der Waals surface area (Å²) >= 11 is 0. The fourth-order valence-electron chi connectivity index (χ4n) is 2.96. The van der Waals surface area contributed by atoms with E-state index in [4.69, 9.17) is 0 Å². The topological polar surface area (TPSA) is 84.2 Å². The Bertz CT molecular complexity index is 822. The Balaban J connectivity index is 1.97. The van der Waals surface area contributed by atoms with Crippen molar-refractivity contribution in [3.63, 3.8) is 0 Å². The maximum Gasteiger partial charge on any atom is 0.274 e. The molecule has 1 aliphatic carbocycles. The number of amides is 1. The Labute approximate surface area is 140 Å². The summed E-state index contributed by atoms with van der Waals surface area (Å²) in [7, 11) is 0. The van der Waals surface area contributed by atoms with Gasteiger partial charge in [-0.15, -0.1) is 0 Å². The van der Waals surface area contributed by atoms with E-state index in [-0.39, 0.29) is 29.6 Å². The quantitative estimate of drug-likeness (QED) is 0.874. The molecule has 1 saturated carbocycles. The molecule has 0 bridgehead atoms. The normalized spacial score (nSPS) is 16.2. The molecule has 0 unspecified atom stereocenters. The highest BCUT2D eigenvalue weighted by Crippen LogP contribution is 2.30. The summed E-state index contributed by atoms with van der Waals surface area (Å²) in [5.41, 5.74) is -0.750. The minimum absolute atomic E-state index is 0.187. The zero-order valence-electron chi connectivity index (χ0n) is 14.1. The summed E-state index contributed by atoms with van der Waals surface area (Å²) in [6.07, 6.45) is 2.38. The van der Waals surface area contributed by atoms with Crippen LogP contribution in [0.15, 0.2) is 29.1 Å². The molecule has 0 saturated heterocycles. The van der Waals surface area contributed by atoms with Gasteiger partial charge in [-0.05, 0) is 31.2 Å². The van der Waals surface area contributed by atoms with Gasteiger partial charge in [-0.2, -0.15) is 5.10 Å². The van der Waals surface area contributed by atoms with Gasteiger partial charge in [0, 0.05) is 18.5 Å². The summed E-state index contributed by atoms with van der Waals surface area (Å²) < 4.78 is 1.36. The number of carbonyl (C=O) groups is 1. The van der Waals surface area contributed by atoms with Crippen molar-refractivity contribution < 1.29 is 9.90 Å². The number of nitrogens with zero attached hydrogens (tertiary/aromatic N) is 2. The summed E-state index contributed by atoms with van der Waals surface area (Å²) in [6.45, 7) is 4.66. The summed E-state index contributed by atoms with van der Waals surface area (Å²) in [5, 5.41) is 18.2. The van der Waals surface area contributed by atoms with Crippen molar-refractivity contribution in [2.45, 2.75) is 45.3 Å². The number of benzene rings is 1. The standard InChI is InChI=1S/C18H23N3O3/c1-12(2)10-21-17(23)14-7-4-3-6-13(14)15(20-21)16(22)19-11-18(24)8-5-9-18/h3-4,6-7,12,24H,5,8-11H2,1-2H3,(H,19,22). The number of fused-ring (bicyclic) bond motifs is 1. The smallest absolute Gasteiger partial charge is 0.274 e. The van der Waals surface area contributed by atoms with Crippen molar-refractivity contribution in [2.24, 2.45) is 5.92 Å². The first kappa shape index (κ1) is 16.6. The zero-order chi connectivity index (χ0) is 17.3. The van der Waals surface area contributed by atoms with Gasteiger partial charge in [0.25, 0.3) is 11.5 Å². The predicted octanol–water partition coefficient (Wildman–Crippen LogP) is 1.70. The van der Waals surface area contributed by atoms with Crippen LogP contribution in [0.25, 0.3) is 10.8 Å². The number of aromatic nitrogens is 2. The number of hydrogen-bond acceptors (Lipinski definition) is 4. The molecule has 2 aromatic rings. The van der Waals surface area contributed by atoms with E-state index >= 15 is 0 Å². The predicted molar refractivity (Wildman–Crippen MR) is 92.0 cm³/mol. The highest BCUT2D eigenvalue weighted by atomic mass is 16.3. The van der Waals surface area contributed by atoms with Crippen LogP contribution in [0.3, 0.4) is 0 Å². The summed E-state index contributed by atoms with van der Waals surface area (Å²) in [6, 6.07) is 7.01. The molecular weight excluding hydrogens is 306 g/mol. The molecule has 1 heterocycles.